The van der Waals surface area contributed by atoms with Crippen molar-refractivity contribution in [2.45, 2.75) is 31.7 Å². The molecule has 1 fully saturated rings. The number of carbonyl (C=O) groups is 1. The molecule has 1 N–H and O–H groups in total. The lowest BCUT2D eigenvalue weighted by molar-refractivity contribution is -0.131. The molecule has 1 aliphatic carbocycles. The predicted molar refractivity (Wildman–Crippen MR) is 51.7 cm³/mol. The molecule has 0 aromatic rings. The van der Waals surface area contributed by atoms with Crippen molar-refractivity contribution in [2.24, 2.45) is 0 Å². The quantitative estimate of drug-likeness (QED) is 0.659. The van der Waals surface area contributed by atoms with E-state index in [4.69, 9.17) is 5.11 Å². The maximum atomic E-state index is 10.4. The van der Waals surface area contributed by atoms with Crippen LogP contribution in [0.4, 0.5) is 0 Å². The van der Waals surface area contributed by atoms with Crippen molar-refractivity contribution in [3.63, 3.8) is 0 Å². The van der Waals surface area contributed by atoms with Crippen LogP contribution in [0.25, 0.3) is 0 Å². The molecule has 0 spiro atoms. The van der Waals surface area contributed by atoms with Gasteiger partial charge in [0.25, 0.3) is 0 Å². The second-order valence-corrected chi connectivity index (χ2v) is 3.84. The third-order valence-electron chi connectivity index (χ3n) is 2.66. The van der Waals surface area contributed by atoms with E-state index in [2.05, 4.69) is 19.0 Å². The topological polar surface area (TPSA) is 40.5 Å². The zero-order chi connectivity index (χ0) is 9.84. The number of hydrogen-bond donors (Lipinski definition) is 1. The molecule has 0 aromatic carbocycles. The number of allylic oxidation sites excluding steroid dienone is 1. The Hall–Kier alpha value is -0.830. The molecule has 13 heavy (non-hydrogen) atoms. The smallest absolute Gasteiger partial charge is 0.328 e. The Bertz CT molecular complexity index is 211. The SMILES string of the molecule is CN(C)C1CCC(=CC(=O)O)CC1. The number of nitrogens with zero attached hydrogens (tertiary/aromatic N) is 1. The number of hydrogen-bond acceptors (Lipinski definition) is 2. The minimum absolute atomic E-state index is 0.631. The molecule has 0 unspecified atom stereocenters. The highest BCUT2D eigenvalue weighted by atomic mass is 16.4. The Morgan fingerprint density at radius 2 is 2.00 bits per heavy atom. The van der Waals surface area contributed by atoms with E-state index in [1.165, 1.54) is 6.08 Å². The number of aliphatic carboxylic acids is 1. The summed E-state index contributed by atoms with van der Waals surface area (Å²) in [4.78, 5) is 12.6. The molecule has 3 heteroatoms. The van der Waals surface area contributed by atoms with Crippen molar-refractivity contribution in [3.05, 3.63) is 11.6 Å². The Balaban J connectivity index is 2.43. The summed E-state index contributed by atoms with van der Waals surface area (Å²) in [6.07, 6.45) is 5.42. The number of rotatable bonds is 2. The van der Waals surface area contributed by atoms with Gasteiger partial charge < -0.3 is 10.0 Å². The Labute approximate surface area is 79.0 Å². The molecule has 0 radical (unpaired) electrons. The Morgan fingerprint density at radius 3 is 2.38 bits per heavy atom. The van der Waals surface area contributed by atoms with Crippen LogP contribution in [0.1, 0.15) is 25.7 Å². The molecule has 3 nitrogen and oxygen atoms in total. The van der Waals surface area contributed by atoms with Crippen LogP contribution in [-0.2, 0) is 4.79 Å². The largest absolute Gasteiger partial charge is 0.478 e. The van der Waals surface area contributed by atoms with Crippen molar-refractivity contribution in [3.8, 4) is 0 Å². The van der Waals surface area contributed by atoms with Gasteiger partial charge in [-0.05, 0) is 39.8 Å². The van der Waals surface area contributed by atoms with Crippen LogP contribution in [0.5, 0.6) is 0 Å². The monoisotopic (exact) mass is 183 g/mol. The molecule has 0 aromatic heterocycles. The molecule has 1 saturated carbocycles. The summed E-state index contributed by atoms with van der Waals surface area (Å²) in [5.41, 5.74) is 1.09. The first-order valence-corrected chi connectivity index (χ1v) is 4.68. The summed E-state index contributed by atoms with van der Waals surface area (Å²) in [7, 11) is 4.16. The summed E-state index contributed by atoms with van der Waals surface area (Å²) in [6, 6.07) is 0.631. The Morgan fingerprint density at radius 1 is 1.46 bits per heavy atom. The predicted octanol–water partition coefficient (Wildman–Crippen LogP) is 1.50. The third-order valence-corrected chi connectivity index (χ3v) is 2.66. The van der Waals surface area contributed by atoms with Crippen molar-refractivity contribution < 1.29 is 9.90 Å². The molecular weight excluding hydrogens is 166 g/mol. The first-order chi connectivity index (χ1) is 6.09. The van der Waals surface area contributed by atoms with E-state index in [1.54, 1.807) is 0 Å². The molecule has 1 rings (SSSR count). The lowest BCUT2D eigenvalue weighted by Gasteiger charge is -2.29. The molecule has 74 valence electrons. The van der Waals surface area contributed by atoms with Crippen LogP contribution in [0, 0.1) is 0 Å². The van der Waals surface area contributed by atoms with Gasteiger partial charge in [0.05, 0.1) is 0 Å². The highest BCUT2D eigenvalue weighted by Crippen LogP contribution is 2.25. The molecule has 0 atom stereocenters. The second-order valence-electron chi connectivity index (χ2n) is 3.84. The molecular formula is C10H17NO2. The average molecular weight is 183 g/mol. The van der Waals surface area contributed by atoms with Gasteiger partial charge in [-0.15, -0.1) is 0 Å². The fourth-order valence-corrected chi connectivity index (χ4v) is 1.81. The van der Waals surface area contributed by atoms with Gasteiger partial charge in [0.15, 0.2) is 0 Å². The lowest BCUT2D eigenvalue weighted by atomic mass is 9.90. The van der Waals surface area contributed by atoms with Crippen LogP contribution < -0.4 is 0 Å². The highest BCUT2D eigenvalue weighted by molar-refractivity contribution is 5.80. The first-order valence-electron chi connectivity index (χ1n) is 4.68. The van der Waals surface area contributed by atoms with E-state index in [-0.39, 0.29) is 0 Å². The van der Waals surface area contributed by atoms with E-state index in [1.807, 2.05) is 0 Å². The normalized spacial score (nSPS) is 23.3. The lowest BCUT2D eigenvalue weighted by Crippen LogP contribution is -2.30. The minimum Gasteiger partial charge on any atom is -0.478 e. The van der Waals surface area contributed by atoms with Gasteiger partial charge in [-0.25, -0.2) is 4.79 Å². The van der Waals surface area contributed by atoms with Gasteiger partial charge in [0, 0.05) is 12.1 Å². The zero-order valence-corrected chi connectivity index (χ0v) is 8.29. The van der Waals surface area contributed by atoms with E-state index in [0.717, 1.165) is 31.3 Å². The van der Waals surface area contributed by atoms with Gasteiger partial charge in [0.1, 0.15) is 0 Å². The average Bonchev–Trinajstić information content (AvgIpc) is 2.04. The molecule has 0 bridgehead atoms. The third kappa shape index (κ3) is 3.19. The van der Waals surface area contributed by atoms with Gasteiger partial charge >= 0.3 is 5.97 Å². The zero-order valence-electron chi connectivity index (χ0n) is 8.29. The van der Waals surface area contributed by atoms with Crippen LogP contribution in [0.15, 0.2) is 11.6 Å². The second kappa shape index (κ2) is 4.42. The fraction of sp³-hybridized carbons (Fsp3) is 0.700. The van der Waals surface area contributed by atoms with Gasteiger partial charge in [0.2, 0.25) is 0 Å². The van der Waals surface area contributed by atoms with Gasteiger partial charge in [-0.1, -0.05) is 5.57 Å². The maximum Gasteiger partial charge on any atom is 0.328 e. The van der Waals surface area contributed by atoms with E-state index in [0.29, 0.717) is 6.04 Å². The molecule has 0 amide bonds. The fourth-order valence-electron chi connectivity index (χ4n) is 1.81. The molecule has 0 aliphatic heterocycles. The van der Waals surface area contributed by atoms with Crippen LogP contribution in [-0.4, -0.2) is 36.1 Å². The van der Waals surface area contributed by atoms with Crippen LogP contribution >= 0.6 is 0 Å². The number of carboxylic acids is 1. The summed E-state index contributed by atoms with van der Waals surface area (Å²) in [6.45, 7) is 0. The molecule has 0 heterocycles. The van der Waals surface area contributed by atoms with E-state index in [9.17, 15) is 4.79 Å². The molecule has 0 saturated heterocycles. The van der Waals surface area contributed by atoms with Crippen molar-refractivity contribution in [1.82, 2.24) is 4.90 Å². The maximum absolute atomic E-state index is 10.4. The van der Waals surface area contributed by atoms with Crippen LogP contribution in [0.2, 0.25) is 0 Å². The van der Waals surface area contributed by atoms with Crippen molar-refractivity contribution in [2.75, 3.05) is 14.1 Å². The number of carboxylic acid groups (broad SMARTS) is 1. The van der Waals surface area contributed by atoms with E-state index >= 15 is 0 Å². The standard InChI is InChI=1S/C10H17NO2/c1-11(2)9-5-3-8(4-6-9)7-10(12)13/h7,9H,3-6H2,1-2H3,(H,12,13). The van der Waals surface area contributed by atoms with Crippen molar-refractivity contribution >= 4 is 5.97 Å². The van der Waals surface area contributed by atoms with Gasteiger partial charge in [-0.2, -0.15) is 0 Å². The summed E-state index contributed by atoms with van der Waals surface area (Å²) in [5, 5.41) is 8.55. The first kappa shape index (κ1) is 10.3. The van der Waals surface area contributed by atoms with Gasteiger partial charge in [-0.3, -0.25) is 0 Å². The summed E-state index contributed by atoms with van der Waals surface area (Å²) >= 11 is 0. The van der Waals surface area contributed by atoms with E-state index < -0.39 is 5.97 Å². The Kier molecular flexibility index (Phi) is 3.48. The summed E-state index contributed by atoms with van der Waals surface area (Å²) in [5.74, 6) is -0.807. The highest BCUT2D eigenvalue weighted by Gasteiger charge is 2.18. The van der Waals surface area contributed by atoms with Crippen molar-refractivity contribution in [1.29, 1.82) is 0 Å². The minimum atomic E-state index is -0.807. The van der Waals surface area contributed by atoms with Crippen LogP contribution in [0.3, 0.4) is 0 Å². The summed E-state index contributed by atoms with van der Waals surface area (Å²) < 4.78 is 0. The molecule has 1 aliphatic rings.